The van der Waals surface area contributed by atoms with Gasteiger partial charge in [-0.25, -0.2) is 4.39 Å². The molecule has 0 amide bonds. The Bertz CT molecular complexity index is 584. The molecular formula is C15H12BrFO. The molecule has 1 aliphatic heterocycles. The summed E-state index contributed by atoms with van der Waals surface area (Å²) in [5, 5.41) is 0. The van der Waals surface area contributed by atoms with Crippen molar-refractivity contribution in [1.82, 2.24) is 0 Å². The van der Waals surface area contributed by atoms with Crippen LogP contribution in [-0.2, 0) is 11.3 Å². The van der Waals surface area contributed by atoms with E-state index in [1.165, 1.54) is 6.08 Å². The first kappa shape index (κ1) is 11.7. The summed E-state index contributed by atoms with van der Waals surface area (Å²) >= 11 is 3.43. The Morgan fingerprint density at radius 1 is 1.22 bits per heavy atom. The molecule has 1 aromatic carbocycles. The number of fused-ring (bicyclic) bond motifs is 1. The van der Waals surface area contributed by atoms with Crippen LogP contribution in [0.3, 0.4) is 0 Å². The van der Waals surface area contributed by atoms with Gasteiger partial charge in [-0.3, -0.25) is 0 Å². The van der Waals surface area contributed by atoms with E-state index in [0.29, 0.717) is 25.2 Å². The van der Waals surface area contributed by atoms with E-state index in [1.54, 1.807) is 0 Å². The molecule has 2 aliphatic rings. The van der Waals surface area contributed by atoms with Gasteiger partial charge in [0.25, 0.3) is 0 Å². The summed E-state index contributed by atoms with van der Waals surface area (Å²) in [4.78, 5) is 1.91. The predicted molar refractivity (Wildman–Crippen MR) is 73.6 cm³/mol. The highest BCUT2D eigenvalue weighted by Crippen LogP contribution is 2.39. The molecular weight excluding hydrogens is 295 g/mol. The van der Waals surface area contributed by atoms with Gasteiger partial charge in [-0.1, -0.05) is 40.2 Å². The van der Waals surface area contributed by atoms with E-state index in [2.05, 4.69) is 22.0 Å². The molecule has 0 spiro atoms. The van der Waals surface area contributed by atoms with Crippen LogP contribution in [0.1, 0.15) is 24.0 Å². The molecule has 0 saturated carbocycles. The number of rotatable bonds is 0. The number of allylic oxidation sites excluding steroid dienone is 4. The van der Waals surface area contributed by atoms with Gasteiger partial charge in [-0.15, -0.1) is 0 Å². The van der Waals surface area contributed by atoms with Crippen LogP contribution in [0.25, 0.3) is 5.57 Å². The normalized spacial score (nSPS) is 20.8. The highest BCUT2D eigenvalue weighted by atomic mass is 79.9. The van der Waals surface area contributed by atoms with Gasteiger partial charge >= 0.3 is 0 Å². The average Bonchev–Trinajstić information content (AvgIpc) is 2.55. The molecule has 0 fully saturated rings. The Kier molecular flexibility index (Phi) is 3.08. The molecule has 1 aliphatic carbocycles. The molecule has 92 valence electrons. The molecule has 0 bridgehead atoms. The molecule has 0 radical (unpaired) electrons. The van der Waals surface area contributed by atoms with Gasteiger partial charge in [0.1, 0.15) is 18.2 Å². The zero-order valence-electron chi connectivity index (χ0n) is 9.75. The Balaban J connectivity index is 2.17. The van der Waals surface area contributed by atoms with Gasteiger partial charge in [0.05, 0.1) is 0 Å². The summed E-state index contributed by atoms with van der Waals surface area (Å²) in [7, 11) is 0. The Hall–Kier alpha value is -1.35. The molecule has 3 rings (SSSR count). The van der Waals surface area contributed by atoms with Crippen LogP contribution in [-0.4, -0.2) is 0 Å². The van der Waals surface area contributed by atoms with Crippen LogP contribution in [0.4, 0.5) is 4.39 Å². The van der Waals surface area contributed by atoms with Crippen LogP contribution in [0.5, 0.6) is 0 Å². The lowest BCUT2D eigenvalue weighted by molar-refractivity contribution is 0.207. The van der Waals surface area contributed by atoms with Crippen molar-refractivity contribution in [2.24, 2.45) is 0 Å². The van der Waals surface area contributed by atoms with E-state index in [4.69, 9.17) is 4.74 Å². The molecule has 0 aromatic heterocycles. The van der Waals surface area contributed by atoms with Gasteiger partial charge in [0, 0.05) is 18.1 Å². The summed E-state index contributed by atoms with van der Waals surface area (Å²) in [5.41, 5.74) is 4.47. The summed E-state index contributed by atoms with van der Waals surface area (Å²) in [6.45, 7) is 0.489. The van der Waals surface area contributed by atoms with Crippen LogP contribution in [0.2, 0.25) is 0 Å². The SMILES string of the molecule is FC1=CC2=C(CC1)/C(=C\Br)c1ccccc1CO2. The summed E-state index contributed by atoms with van der Waals surface area (Å²) < 4.78 is 19.1. The summed E-state index contributed by atoms with van der Waals surface area (Å²) in [6.07, 6.45) is 2.65. The third-order valence-corrected chi connectivity index (χ3v) is 3.78. The van der Waals surface area contributed by atoms with Gasteiger partial charge < -0.3 is 4.74 Å². The second-order valence-electron chi connectivity index (χ2n) is 4.40. The van der Waals surface area contributed by atoms with E-state index < -0.39 is 0 Å². The lowest BCUT2D eigenvalue weighted by Crippen LogP contribution is -1.99. The van der Waals surface area contributed by atoms with E-state index in [1.807, 2.05) is 23.2 Å². The lowest BCUT2D eigenvalue weighted by Gasteiger charge is -2.16. The molecule has 0 unspecified atom stereocenters. The Morgan fingerprint density at radius 2 is 2.06 bits per heavy atom. The molecule has 1 nitrogen and oxygen atoms in total. The van der Waals surface area contributed by atoms with Gasteiger partial charge in [-0.05, 0) is 28.1 Å². The molecule has 1 aromatic rings. The van der Waals surface area contributed by atoms with Gasteiger partial charge in [-0.2, -0.15) is 0 Å². The smallest absolute Gasteiger partial charge is 0.126 e. The molecule has 0 atom stereocenters. The minimum atomic E-state index is -0.103. The Morgan fingerprint density at radius 3 is 2.89 bits per heavy atom. The fourth-order valence-corrected chi connectivity index (χ4v) is 2.94. The first-order valence-corrected chi connectivity index (χ1v) is 6.82. The van der Waals surface area contributed by atoms with Crippen molar-refractivity contribution in [3.05, 3.63) is 63.6 Å². The van der Waals surface area contributed by atoms with E-state index in [9.17, 15) is 4.39 Å². The van der Waals surface area contributed by atoms with Crippen molar-refractivity contribution < 1.29 is 9.13 Å². The van der Waals surface area contributed by atoms with Crippen LogP contribution < -0.4 is 0 Å². The highest BCUT2D eigenvalue weighted by molar-refractivity contribution is 9.11. The van der Waals surface area contributed by atoms with Crippen molar-refractivity contribution in [3.63, 3.8) is 0 Å². The van der Waals surface area contributed by atoms with Crippen molar-refractivity contribution >= 4 is 21.5 Å². The second kappa shape index (κ2) is 4.73. The topological polar surface area (TPSA) is 9.23 Å². The Labute approximate surface area is 114 Å². The van der Waals surface area contributed by atoms with E-state index in [-0.39, 0.29) is 5.83 Å². The minimum absolute atomic E-state index is 0.103. The molecule has 1 heterocycles. The molecule has 3 heteroatoms. The first-order valence-electron chi connectivity index (χ1n) is 5.90. The quantitative estimate of drug-likeness (QED) is 0.665. The number of halogens is 2. The number of hydrogen-bond donors (Lipinski definition) is 0. The highest BCUT2D eigenvalue weighted by Gasteiger charge is 2.23. The van der Waals surface area contributed by atoms with Crippen molar-refractivity contribution in [1.29, 1.82) is 0 Å². The third kappa shape index (κ3) is 1.93. The molecule has 0 N–H and O–H groups in total. The second-order valence-corrected chi connectivity index (χ2v) is 4.86. The first-order chi connectivity index (χ1) is 8.79. The van der Waals surface area contributed by atoms with Gasteiger partial charge in [0.15, 0.2) is 0 Å². The lowest BCUT2D eigenvalue weighted by atomic mass is 9.90. The predicted octanol–water partition coefficient (Wildman–Crippen LogP) is 4.85. The van der Waals surface area contributed by atoms with Crippen molar-refractivity contribution in [2.75, 3.05) is 0 Å². The summed E-state index contributed by atoms with van der Waals surface area (Å²) in [6, 6.07) is 8.13. The average molecular weight is 307 g/mol. The largest absolute Gasteiger partial charge is 0.488 e. The summed E-state index contributed by atoms with van der Waals surface area (Å²) in [5.74, 6) is 0.564. The maximum Gasteiger partial charge on any atom is 0.126 e. The minimum Gasteiger partial charge on any atom is -0.488 e. The number of ether oxygens (including phenoxy) is 1. The monoisotopic (exact) mass is 306 g/mol. The van der Waals surface area contributed by atoms with E-state index >= 15 is 0 Å². The zero-order valence-corrected chi connectivity index (χ0v) is 11.3. The maximum atomic E-state index is 13.4. The zero-order chi connectivity index (χ0) is 12.5. The van der Waals surface area contributed by atoms with Gasteiger partial charge in [0.2, 0.25) is 0 Å². The fourth-order valence-electron chi connectivity index (χ4n) is 2.42. The van der Waals surface area contributed by atoms with Crippen LogP contribution >= 0.6 is 15.9 Å². The van der Waals surface area contributed by atoms with Crippen molar-refractivity contribution in [3.8, 4) is 0 Å². The fraction of sp³-hybridized carbons (Fsp3) is 0.200. The number of hydrogen-bond acceptors (Lipinski definition) is 1. The van der Waals surface area contributed by atoms with Crippen molar-refractivity contribution in [2.45, 2.75) is 19.4 Å². The standard InChI is InChI=1S/C15H12BrFO/c16-8-14-12-4-2-1-3-10(12)9-18-15-7-11(17)5-6-13(14)15/h1-4,7-8H,5-6,9H2/b14-8-. The van der Waals surface area contributed by atoms with Crippen LogP contribution in [0, 0.1) is 0 Å². The third-order valence-electron chi connectivity index (χ3n) is 3.32. The molecule has 18 heavy (non-hydrogen) atoms. The van der Waals surface area contributed by atoms with E-state index in [0.717, 1.165) is 22.3 Å². The number of benzene rings is 1. The molecule has 0 saturated heterocycles. The van der Waals surface area contributed by atoms with Crippen LogP contribution in [0.15, 0.2) is 52.5 Å². The maximum absolute atomic E-state index is 13.4.